The molecule has 1 amide bonds. The van der Waals surface area contributed by atoms with Gasteiger partial charge in [0.1, 0.15) is 0 Å². The fourth-order valence-electron chi connectivity index (χ4n) is 2.59. The van der Waals surface area contributed by atoms with Gasteiger partial charge in [-0.3, -0.25) is 4.79 Å². The van der Waals surface area contributed by atoms with Gasteiger partial charge < -0.3 is 15.3 Å². The third-order valence-corrected chi connectivity index (χ3v) is 3.83. The summed E-state index contributed by atoms with van der Waals surface area (Å²) in [4.78, 5) is 14.0. The quantitative estimate of drug-likeness (QED) is 0.755. The molecule has 1 aliphatic heterocycles. The molecule has 0 aromatic rings. The normalized spacial score (nSPS) is 23.8. The first-order valence-electron chi connectivity index (χ1n) is 7.14. The van der Waals surface area contributed by atoms with Crippen LogP contribution in [0.1, 0.15) is 46.5 Å². The van der Waals surface area contributed by atoms with Crippen molar-refractivity contribution in [2.45, 2.75) is 52.0 Å². The molecule has 1 fully saturated rings. The van der Waals surface area contributed by atoms with Crippen LogP contribution in [0, 0.1) is 5.92 Å². The van der Waals surface area contributed by atoms with Crippen LogP contribution in [0.5, 0.6) is 0 Å². The van der Waals surface area contributed by atoms with E-state index in [0.29, 0.717) is 12.5 Å². The first-order valence-corrected chi connectivity index (χ1v) is 7.14. The number of hydrogen-bond donors (Lipinski definition) is 2. The number of piperidine rings is 1. The van der Waals surface area contributed by atoms with Crippen molar-refractivity contribution in [1.29, 1.82) is 0 Å². The van der Waals surface area contributed by atoms with Crippen LogP contribution in [-0.2, 0) is 4.79 Å². The first kappa shape index (κ1) is 15.4. The molecule has 0 aromatic heterocycles. The Kier molecular flexibility index (Phi) is 6.09. The van der Waals surface area contributed by atoms with Crippen LogP contribution in [0.3, 0.4) is 0 Å². The zero-order chi connectivity index (χ0) is 13.6. The van der Waals surface area contributed by atoms with Crippen LogP contribution in [0.25, 0.3) is 0 Å². The van der Waals surface area contributed by atoms with Gasteiger partial charge in [-0.25, -0.2) is 0 Å². The van der Waals surface area contributed by atoms with E-state index in [9.17, 15) is 9.90 Å². The number of aliphatic hydroxyl groups is 1. The number of likely N-dealkylation sites (tertiary alicyclic amines) is 1. The SMILES string of the molecule is CCC[C@@](C)(CO)NCC(=O)N1CCC[C@@H](C)C1. The summed E-state index contributed by atoms with van der Waals surface area (Å²) in [6.45, 7) is 8.43. The van der Waals surface area contributed by atoms with E-state index in [4.69, 9.17) is 0 Å². The van der Waals surface area contributed by atoms with Gasteiger partial charge >= 0.3 is 0 Å². The molecular weight excluding hydrogens is 228 g/mol. The molecule has 2 N–H and O–H groups in total. The van der Waals surface area contributed by atoms with E-state index < -0.39 is 0 Å². The monoisotopic (exact) mass is 256 g/mol. The number of nitrogens with zero attached hydrogens (tertiary/aromatic N) is 1. The van der Waals surface area contributed by atoms with Gasteiger partial charge in [-0.1, -0.05) is 20.3 Å². The van der Waals surface area contributed by atoms with Crippen molar-refractivity contribution in [1.82, 2.24) is 10.2 Å². The van der Waals surface area contributed by atoms with E-state index >= 15 is 0 Å². The third kappa shape index (κ3) is 4.58. The predicted molar refractivity (Wildman–Crippen MR) is 73.4 cm³/mol. The van der Waals surface area contributed by atoms with E-state index in [2.05, 4.69) is 19.2 Å². The van der Waals surface area contributed by atoms with Gasteiger partial charge in [0.05, 0.1) is 13.2 Å². The van der Waals surface area contributed by atoms with E-state index in [-0.39, 0.29) is 18.1 Å². The number of nitrogens with one attached hydrogen (secondary N) is 1. The lowest BCUT2D eigenvalue weighted by Gasteiger charge is -2.33. The average molecular weight is 256 g/mol. The summed E-state index contributed by atoms with van der Waals surface area (Å²) < 4.78 is 0. The van der Waals surface area contributed by atoms with Gasteiger partial charge in [-0.05, 0) is 32.1 Å². The van der Waals surface area contributed by atoms with E-state index in [1.807, 2.05) is 11.8 Å². The summed E-state index contributed by atoms with van der Waals surface area (Å²) in [6, 6.07) is 0. The summed E-state index contributed by atoms with van der Waals surface area (Å²) in [7, 11) is 0. The molecule has 1 heterocycles. The molecular formula is C14H28N2O2. The predicted octanol–water partition coefficient (Wildman–Crippen LogP) is 1.39. The second-order valence-electron chi connectivity index (χ2n) is 5.91. The Morgan fingerprint density at radius 2 is 2.28 bits per heavy atom. The molecule has 0 aromatic carbocycles. The molecule has 0 spiro atoms. The molecule has 18 heavy (non-hydrogen) atoms. The van der Waals surface area contributed by atoms with Crippen molar-refractivity contribution in [2.75, 3.05) is 26.2 Å². The maximum atomic E-state index is 12.1. The minimum absolute atomic E-state index is 0.0739. The minimum atomic E-state index is -0.328. The maximum absolute atomic E-state index is 12.1. The van der Waals surface area contributed by atoms with Crippen molar-refractivity contribution >= 4 is 5.91 Å². The molecule has 1 saturated heterocycles. The number of carbonyl (C=O) groups is 1. The van der Waals surface area contributed by atoms with Gasteiger partial charge in [-0.15, -0.1) is 0 Å². The lowest BCUT2D eigenvalue weighted by atomic mass is 9.97. The Morgan fingerprint density at radius 1 is 1.56 bits per heavy atom. The summed E-state index contributed by atoms with van der Waals surface area (Å²) in [5.74, 6) is 0.778. The zero-order valence-electron chi connectivity index (χ0n) is 12.0. The molecule has 0 radical (unpaired) electrons. The highest BCUT2D eigenvalue weighted by Gasteiger charge is 2.25. The molecule has 1 rings (SSSR count). The van der Waals surface area contributed by atoms with Gasteiger partial charge in [-0.2, -0.15) is 0 Å². The summed E-state index contributed by atoms with van der Waals surface area (Å²) in [5, 5.41) is 12.6. The lowest BCUT2D eigenvalue weighted by molar-refractivity contribution is -0.132. The van der Waals surface area contributed by atoms with Gasteiger partial charge in [0.25, 0.3) is 0 Å². The second-order valence-corrected chi connectivity index (χ2v) is 5.91. The van der Waals surface area contributed by atoms with Crippen LogP contribution < -0.4 is 5.32 Å². The van der Waals surface area contributed by atoms with Crippen molar-refractivity contribution in [2.24, 2.45) is 5.92 Å². The molecule has 0 aliphatic carbocycles. The number of rotatable bonds is 6. The van der Waals surface area contributed by atoms with Crippen molar-refractivity contribution in [3.63, 3.8) is 0 Å². The Labute approximate surface area is 111 Å². The van der Waals surface area contributed by atoms with Crippen LogP contribution in [0.2, 0.25) is 0 Å². The smallest absolute Gasteiger partial charge is 0.236 e. The summed E-state index contributed by atoms with van der Waals surface area (Å²) >= 11 is 0. The van der Waals surface area contributed by atoms with Gasteiger partial charge in [0.2, 0.25) is 5.91 Å². The summed E-state index contributed by atoms with van der Waals surface area (Å²) in [5.41, 5.74) is -0.328. The van der Waals surface area contributed by atoms with E-state index in [1.165, 1.54) is 6.42 Å². The fraction of sp³-hybridized carbons (Fsp3) is 0.929. The standard InChI is InChI=1S/C14H28N2O2/c1-4-7-14(3,11-17)15-9-13(18)16-8-5-6-12(2)10-16/h12,15,17H,4-11H2,1-3H3/t12-,14+/m1/s1. The van der Waals surface area contributed by atoms with Crippen LogP contribution in [0.4, 0.5) is 0 Å². The minimum Gasteiger partial charge on any atom is -0.394 e. The highest BCUT2D eigenvalue weighted by atomic mass is 16.3. The molecule has 0 bridgehead atoms. The molecule has 0 unspecified atom stereocenters. The van der Waals surface area contributed by atoms with E-state index in [0.717, 1.165) is 32.4 Å². The highest BCUT2D eigenvalue weighted by Crippen LogP contribution is 2.16. The second kappa shape index (κ2) is 7.10. The van der Waals surface area contributed by atoms with Crippen molar-refractivity contribution < 1.29 is 9.90 Å². The molecule has 106 valence electrons. The number of hydrogen-bond acceptors (Lipinski definition) is 3. The Balaban J connectivity index is 2.39. The van der Waals surface area contributed by atoms with E-state index in [1.54, 1.807) is 0 Å². The summed E-state index contributed by atoms with van der Waals surface area (Å²) in [6.07, 6.45) is 4.21. The van der Waals surface area contributed by atoms with Crippen molar-refractivity contribution in [3.05, 3.63) is 0 Å². The molecule has 2 atom stereocenters. The topological polar surface area (TPSA) is 52.6 Å². The Morgan fingerprint density at radius 3 is 2.83 bits per heavy atom. The average Bonchev–Trinajstić information content (AvgIpc) is 2.36. The lowest BCUT2D eigenvalue weighted by Crippen LogP contribution is -2.51. The first-order chi connectivity index (χ1) is 8.50. The molecule has 1 aliphatic rings. The molecule has 4 nitrogen and oxygen atoms in total. The van der Waals surface area contributed by atoms with Crippen molar-refractivity contribution in [3.8, 4) is 0 Å². The van der Waals surface area contributed by atoms with Crippen LogP contribution in [-0.4, -0.2) is 47.7 Å². The number of amides is 1. The Hall–Kier alpha value is -0.610. The highest BCUT2D eigenvalue weighted by molar-refractivity contribution is 5.78. The van der Waals surface area contributed by atoms with Gasteiger partial charge in [0, 0.05) is 18.6 Å². The number of aliphatic hydroxyl groups excluding tert-OH is 1. The van der Waals surface area contributed by atoms with Crippen LogP contribution in [0.15, 0.2) is 0 Å². The third-order valence-electron chi connectivity index (χ3n) is 3.83. The molecule has 0 saturated carbocycles. The Bertz CT molecular complexity index is 271. The molecule has 4 heteroatoms. The zero-order valence-corrected chi connectivity index (χ0v) is 12.0. The maximum Gasteiger partial charge on any atom is 0.236 e. The fourth-order valence-corrected chi connectivity index (χ4v) is 2.59. The van der Waals surface area contributed by atoms with Crippen LogP contribution >= 0.6 is 0 Å². The number of carbonyl (C=O) groups excluding carboxylic acids is 1. The van der Waals surface area contributed by atoms with Gasteiger partial charge in [0.15, 0.2) is 0 Å². The largest absolute Gasteiger partial charge is 0.394 e.